The van der Waals surface area contributed by atoms with Gasteiger partial charge in [0.1, 0.15) is 42.1 Å². The molecule has 0 bridgehead atoms. The highest BCUT2D eigenvalue weighted by atomic mass is 35.5. The number of carboxylic acid groups (broad SMARTS) is 1. The summed E-state index contributed by atoms with van der Waals surface area (Å²) in [5.74, 6) is -5.00. The number of methoxy groups -OCH3 is 1. The van der Waals surface area contributed by atoms with Gasteiger partial charge in [0.15, 0.2) is 0 Å². The van der Waals surface area contributed by atoms with Gasteiger partial charge in [0, 0.05) is 75.2 Å². The number of carbonyl (C=O) groups excluding carboxylic acids is 10. The van der Waals surface area contributed by atoms with Crippen molar-refractivity contribution in [2.45, 2.75) is 182 Å². The van der Waals surface area contributed by atoms with Crippen molar-refractivity contribution >= 4 is 82.6 Å². The molecular formula is C68H91ClN10O15. The Balaban J connectivity index is 1.08. The van der Waals surface area contributed by atoms with Crippen molar-refractivity contribution < 1.29 is 72.1 Å². The lowest BCUT2D eigenvalue weighted by atomic mass is 9.82. The number of esters is 1. The molecule has 3 aromatic rings. The fourth-order valence-corrected chi connectivity index (χ4v) is 11.1. The van der Waals surface area contributed by atoms with E-state index in [2.05, 4.69) is 37.2 Å². The molecule has 1 fully saturated rings. The molecule has 11 amide bonds. The minimum atomic E-state index is -1.25. The van der Waals surface area contributed by atoms with Gasteiger partial charge < -0.3 is 62.3 Å². The van der Waals surface area contributed by atoms with Crippen LogP contribution in [0.1, 0.15) is 142 Å². The number of unbranched alkanes of at least 4 members (excludes halogenated alkanes) is 2. The summed E-state index contributed by atoms with van der Waals surface area (Å²) in [5.41, 5.74) is 6.60. The summed E-state index contributed by atoms with van der Waals surface area (Å²) in [4.78, 5) is 147. The number of ether oxygens (including phenoxy) is 3. The minimum absolute atomic E-state index is 0.00806. The van der Waals surface area contributed by atoms with Crippen LogP contribution in [0.3, 0.4) is 0 Å². The third kappa shape index (κ3) is 22.2. The fourth-order valence-electron chi connectivity index (χ4n) is 10.8. The SMILES string of the molecule is COc1ccc(C[C@H]2NC(=O)/C=C/C[C@@H]([C@H](C)[C@H]3O[C@@H]3c3ccc(CN(Cc4ccc(NC(=O)[C@H](CCCNC(N)=O)NC(=O)[C@@H](NC(=O)CCCCCN5C(=O)C=CC5=O)C(C)C)cc4)C(=O)O)cc3)OC(=O)[C@H](CC(C)(C)C)NC(=O)C(C)(C)[C@H](C)NC2=O)cc1Cl. The van der Waals surface area contributed by atoms with Crippen LogP contribution in [0.5, 0.6) is 5.75 Å². The van der Waals surface area contributed by atoms with E-state index in [0.29, 0.717) is 52.4 Å². The van der Waals surface area contributed by atoms with Crippen LogP contribution in [0.15, 0.2) is 91.0 Å². The molecule has 1 saturated heterocycles. The maximum atomic E-state index is 14.3. The number of halogens is 1. The molecule has 0 saturated carbocycles. The molecule has 94 heavy (non-hydrogen) atoms. The number of amides is 11. The number of hydrogen-bond donors (Lipinski definition) is 9. The third-order valence-corrected chi connectivity index (χ3v) is 17.2. The van der Waals surface area contributed by atoms with Gasteiger partial charge in [0.05, 0.1) is 23.7 Å². The lowest BCUT2D eigenvalue weighted by molar-refractivity contribution is -0.157. The Bertz CT molecular complexity index is 3280. The van der Waals surface area contributed by atoms with Crippen LogP contribution in [0, 0.1) is 22.7 Å². The molecule has 0 unspecified atom stereocenters. The zero-order valence-electron chi connectivity index (χ0n) is 55.1. The number of epoxide rings is 1. The Morgan fingerprint density at radius 1 is 0.819 bits per heavy atom. The van der Waals surface area contributed by atoms with Gasteiger partial charge in [-0.3, -0.25) is 48.2 Å². The predicted octanol–water partition coefficient (Wildman–Crippen LogP) is 6.65. The van der Waals surface area contributed by atoms with Gasteiger partial charge in [-0.05, 0) is 117 Å². The van der Waals surface area contributed by atoms with Crippen molar-refractivity contribution in [1.29, 1.82) is 0 Å². The number of imide groups is 1. The second kappa shape index (κ2) is 33.8. The number of rotatable bonds is 27. The molecule has 26 heteroatoms. The van der Waals surface area contributed by atoms with Crippen molar-refractivity contribution in [3.8, 4) is 5.75 Å². The second-order valence-electron chi connectivity index (χ2n) is 26.3. The largest absolute Gasteiger partial charge is 0.495 e. The minimum Gasteiger partial charge on any atom is -0.495 e. The molecule has 3 aliphatic heterocycles. The van der Waals surface area contributed by atoms with E-state index in [4.69, 9.17) is 31.5 Å². The maximum absolute atomic E-state index is 14.3. The first-order valence-corrected chi connectivity index (χ1v) is 32.1. The number of hydrogen-bond acceptors (Lipinski definition) is 14. The van der Waals surface area contributed by atoms with E-state index in [1.54, 1.807) is 95.3 Å². The molecule has 0 aromatic heterocycles. The normalized spacial score (nSPS) is 21.3. The van der Waals surface area contributed by atoms with E-state index < -0.39 is 119 Å². The first-order chi connectivity index (χ1) is 44.3. The summed E-state index contributed by atoms with van der Waals surface area (Å²) < 4.78 is 17.8. The molecule has 3 aliphatic rings. The number of nitrogens with two attached hydrogens (primary N) is 1. The molecule has 9 atom stereocenters. The highest BCUT2D eigenvalue weighted by molar-refractivity contribution is 6.32. The molecule has 10 N–H and O–H groups in total. The highest BCUT2D eigenvalue weighted by Crippen LogP contribution is 2.45. The van der Waals surface area contributed by atoms with Crippen LogP contribution in [0.25, 0.3) is 0 Å². The van der Waals surface area contributed by atoms with Crippen LogP contribution in [0.2, 0.25) is 5.02 Å². The molecule has 0 aliphatic carbocycles. The van der Waals surface area contributed by atoms with Gasteiger partial charge in [-0.25, -0.2) is 14.4 Å². The summed E-state index contributed by atoms with van der Waals surface area (Å²) in [6.45, 7) is 16.5. The maximum Gasteiger partial charge on any atom is 0.407 e. The van der Waals surface area contributed by atoms with Crippen LogP contribution in [-0.4, -0.2) is 143 Å². The molecule has 0 radical (unpaired) electrons. The quantitative estimate of drug-likeness (QED) is 0.0167. The fraction of sp³-hybridized carbons (Fsp3) is 0.515. The Morgan fingerprint density at radius 2 is 1.46 bits per heavy atom. The molecular weight excluding hydrogens is 1230 g/mol. The smallest absolute Gasteiger partial charge is 0.407 e. The van der Waals surface area contributed by atoms with Crippen molar-refractivity contribution in [1.82, 2.24) is 41.7 Å². The first-order valence-electron chi connectivity index (χ1n) is 31.7. The van der Waals surface area contributed by atoms with Crippen molar-refractivity contribution in [2.24, 2.45) is 28.4 Å². The molecule has 510 valence electrons. The highest BCUT2D eigenvalue weighted by Gasteiger charge is 2.48. The number of carbonyl (C=O) groups is 11. The lowest BCUT2D eigenvalue weighted by Crippen LogP contribution is -2.58. The van der Waals surface area contributed by atoms with Crippen molar-refractivity contribution in [3.63, 3.8) is 0 Å². The summed E-state index contributed by atoms with van der Waals surface area (Å²) >= 11 is 6.43. The average molecular weight is 1320 g/mol. The molecule has 3 heterocycles. The number of nitrogens with one attached hydrogen (secondary N) is 7. The topological polar surface area (TPSA) is 356 Å². The van der Waals surface area contributed by atoms with E-state index >= 15 is 0 Å². The van der Waals surface area contributed by atoms with E-state index in [9.17, 15) is 57.8 Å². The van der Waals surface area contributed by atoms with Gasteiger partial charge in [0.2, 0.25) is 35.4 Å². The van der Waals surface area contributed by atoms with Gasteiger partial charge >= 0.3 is 18.1 Å². The van der Waals surface area contributed by atoms with Gasteiger partial charge in [-0.2, -0.15) is 0 Å². The number of primary amides is 1. The predicted molar refractivity (Wildman–Crippen MR) is 350 cm³/mol. The third-order valence-electron chi connectivity index (χ3n) is 16.9. The zero-order valence-corrected chi connectivity index (χ0v) is 55.9. The van der Waals surface area contributed by atoms with Crippen LogP contribution < -0.4 is 47.7 Å². The first kappa shape index (κ1) is 74.2. The summed E-state index contributed by atoms with van der Waals surface area (Å²) in [6, 6.07) is 13.0. The van der Waals surface area contributed by atoms with Crippen molar-refractivity contribution in [3.05, 3.63) is 118 Å². The zero-order chi connectivity index (χ0) is 69.2. The summed E-state index contributed by atoms with van der Waals surface area (Å²) in [7, 11) is 1.48. The van der Waals surface area contributed by atoms with Crippen LogP contribution in [0.4, 0.5) is 15.3 Å². The van der Waals surface area contributed by atoms with Gasteiger partial charge in [0.25, 0.3) is 11.8 Å². The van der Waals surface area contributed by atoms with Crippen LogP contribution >= 0.6 is 11.6 Å². The van der Waals surface area contributed by atoms with E-state index in [-0.39, 0.29) is 82.4 Å². The number of cyclic esters (lactones) is 1. The monoisotopic (exact) mass is 1320 g/mol. The standard InChI is InChI=1S/C68H91ClN10O15/c1-39(2)57(77-54(81)18-12-11-13-33-79-55(82)30-31-56(79)83)62(86)75-48(16-15-32-71-65(70)89)60(84)73-46-27-22-43(23-28-46)38-78(66(90)91)37-42-20-25-45(26-21-42)59-58(94-59)40(3)51-17-14-19-53(80)74-49(35-44-24-29-52(92-10)47(69)34-44)61(85)72-41(4)68(8,9)64(88)76-50(63(87)93-51)36-67(5,6)7/h14,19-31,34,39-41,48-51,57-59H,11-13,15-18,32-33,35-38H2,1-10H3,(H,72,85)(H,73,84)(H,74,80)(H,75,86)(H,76,88)(H,77,81)(H,90,91)(H3,70,71,89)/b19-14+/t40-,41-,48-,49+,50-,51-,57-,58+,59+/m0/s1. The van der Waals surface area contributed by atoms with E-state index in [0.717, 1.165) is 10.5 Å². The average Bonchev–Trinajstić information content (AvgIpc) is 1.61. The summed E-state index contributed by atoms with van der Waals surface area (Å²) in [6.07, 6.45) is 4.64. The molecule has 25 nitrogen and oxygen atoms in total. The molecule has 6 rings (SSSR count). The molecule has 3 aromatic carbocycles. The lowest BCUT2D eigenvalue weighted by Gasteiger charge is -2.35. The summed E-state index contributed by atoms with van der Waals surface area (Å²) in [5, 5.41) is 30.1. The Labute approximate surface area is 553 Å². The Kier molecular flexibility index (Phi) is 26.7. The molecule has 0 spiro atoms. The number of benzene rings is 3. The number of nitrogens with zero attached hydrogens (tertiary/aromatic N) is 2. The Morgan fingerprint density at radius 3 is 2.05 bits per heavy atom. The number of anilines is 1. The van der Waals surface area contributed by atoms with Gasteiger partial charge in [-0.15, -0.1) is 0 Å². The second-order valence-corrected chi connectivity index (χ2v) is 26.7. The van der Waals surface area contributed by atoms with E-state index in [1.165, 1.54) is 30.2 Å². The van der Waals surface area contributed by atoms with E-state index in [1.807, 2.05) is 39.8 Å². The van der Waals surface area contributed by atoms with Gasteiger partial charge in [-0.1, -0.05) is 108 Å². The van der Waals surface area contributed by atoms with Crippen LogP contribution in [-0.2, 0) is 72.1 Å². The Hall–Kier alpha value is -8.84. The number of urea groups is 1. The van der Waals surface area contributed by atoms with Crippen molar-refractivity contribution in [2.75, 3.05) is 25.5 Å².